The normalized spacial score (nSPS) is 13.0. The van der Waals surface area contributed by atoms with Gasteiger partial charge in [0, 0.05) is 31.6 Å². The lowest BCUT2D eigenvalue weighted by Gasteiger charge is -2.11. The second kappa shape index (κ2) is 6.64. The summed E-state index contributed by atoms with van der Waals surface area (Å²) in [5.41, 5.74) is 1.36. The third-order valence-corrected chi connectivity index (χ3v) is 2.63. The molecule has 1 rings (SSSR count). The first-order valence-corrected chi connectivity index (χ1v) is 5.72. The number of ether oxygens (including phenoxy) is 1. The van der Waals surface area contributed by atoms with Crippen LogP contribution in [-0.2, 0) is 11.3 Å². The summed E-state index contributed by atoms with van der Waals surface area (Å²) in [7, 11) is 2.01. The summed E-state index contributed by atoms with van der Waals surface area (Å²) in [5, 5.41) is 3.30. The maximum absolute atomic E-state index is 5.32. The van der Waals surface area contributed by atoms with E-state index in [0.29, 0.717) is 6.04 Å². The maximum atomic E-state index is 5.32. The molecule has 0 bridgehead atoms. The predicted octanol–water partition coefficient (Wildman–Crippen LogP) is 2.20. The van der Waals surface area contributed by atoms with Gasteiger partial charge in [0.1, 0.15) is 0 Å². The average molecular weight is 210 g/mol. The fourth-order valence-corrected chi connectivity index (χ4v) is 1.73. The van der Waals surface area contributed by atoms with Crippen LogP contribution in [-0.4, -0.2) is 24.8 Å². The highest BCUT2D eigenvalue weighted by Crippen LogP contribution is 2.15. The number of rotatable bonds is 7. The molecule has 0 aliphatic heterocycles. The second-order valence-electron chi connectivity index (χ2n) is 3.63. The summed E-state index contributed by atoms with van der Waals surface area (Å²) in [5.74, 6) is 0. The first kappa shape index (κ1) is 12.3. The third kappa shape index (κ3) is 3.68. The van der Waals surface area contributed by atoms with Crippen molar-refractivity contribution in [2.75, 3.05) is 20.3 Å². The summed E-state index contributed by atoms with van der Waals surface area (Å²) in [6, 6.07) is 2.65. The fraction of sp³-hybridized carbons (Fsp3) is 0.667. The van der Waals surface area contributed by atoms with E-state index >= 15 is 0 Å². The molecule has 0 aliphatic rings. The van der Waals surface area contributed by atoms with Gasteiger partial charge in [-0.25, -0.2) is 0 Å². The van der Waals surface area contributed by atoms with E-state index in [4.69, 9.17) is 4.74 Å². The molecule has 1 N–H and O–H groups in total. The molecule has 3 nitrogen and oxygen atoms in total. The molecular formula is C12H22N2O. The van der Waals surface area contributed by atoms with Crippen molar-refractivity contribution in [3.8, 4) is 0 Å². The molecule has 1 aromatic heterocycles. The van der Waals surface area contributed by atoms with E-state index in [0.717, 1.165) is 26.2 Å². The van der Waals surface area contributed by atoms with Crippen molar-refractivity contribution in [3.05, 3.63) is 24.0 Å². The van der Waals surface area contributed by atoms with Crippen LogP contribution in [0.15, 0.2) is 18.5 Å². The lowest BCUT2D eigenvalue weighted by atomic mass is 10.1. The zero-order chi connectivity index (χ0) is 11.1. The topological polar surface area (TPSA) is 26.2 Å². The Morgan fingerprint density at radius 1 is 1.47 bits per heavy atom. The standard InChI is InChI=1S/C12H22N2O/c1-4-12(13-3)11-6-7-14(10-11)8-9-15-5-2/h6-7,10,12-13H,4-5,8-9H2,1-3H3. The molecule has 0 amide bonds. The van der Waals surface area contributed by atoms with Gasteiger partial charge in [-0.2, -0.15) is 0 Å². The molecule has 1 aromatic rings. The van der Waals surface area contributed by atoms with E-state index in [9.17, 15) is 0 Å². The van der Waals surface area contributed by atoms with Crippen LogP contribution in [0.25, 0.3) is 0 Å². The molecule has 1 atom stereocenters. The second-order valence-corrected chi connectivity index (χ2v) is 3.63. The van der Waals surface area contributed by atoms with Gasteiger partial charge in [-0.15, -0.1) is 0 Å². The maximum Gasteiger partial charge on any atom is 0.0645 e. The van der Waals surface area contributed by atoms with Crippen LogP contribution in [0.3, 0.4) is 0 Å². The zero-order valence-electron chi connectivity index (χ0n) is 9.99. The number of aromatic nitrogens is 1. The van der Waals surface area contributed by atoms with Crippen molar-refractivity contribution in [3.63, 3.8) is 0 Å². The third-order valence-electron chi connectivity index (χ3n) is 2.63. The number of nitrogens with zero attached hydrogens (tertiary/aromatic N) is 1. The van der Waals surface area contributed by atoms with Crippen LogP contribution in [0.5, 0.6) is 0 Å². The van der Waals surface area contributed by atoms with Crippen LogP contribution in [0, 0.1) is 0 Å². The molecule has 0 spiro atoms. The summed E-state index contributed by atoms with van der Waals surface area (Å²) in [4.78, 5) is 0. The Hall–Kier alpha value is -0.800. The predicted molar refractivity (Wildman–Crippen MR) is 63.0 cm³/mol. The molecule has 15 heavy (non-hydrogen) atoms. The molecule has 0 saturated carbocycles. The zero-order valence-corrected chi connectivity index (χ0v) is 9.99. The number of nitrogens with one attached hydrogen (secondary N) is 1. The summed E-state index contributed by atoms with van der Waals surface area (Å²) >= 11 is 0. The Morgan fingerprint density at radius 3 is 2.87 bits per heavy atom. The van der Waals surface area contributed by atoms with E-state index in [1.54, 1.807) is 0 Å². The van der Waals surface area contributed by atoms with E-state index in [1.807, 2.05) is 14.0 Å². The molecule has 3 heteroatoms. The summed E-state index contributed by atoms with van der Waals surface area (Å²) < 4.78 is 7.51. The van der Waals surface area contributed by atoms with Crippen molar-refractivity contribution in [1.82, 2.24) is 9.88 Å². The van der Waals surface area contributed by atoms with Crippen molar-refractivity contribution >= 4 is 0 Å². The van der Waals surface area contributed by atoms with Gasteiger partial charge in [0.15, 0.2) is 0 Å². The van der Waals surface area contributed by atoms with Gasteiger partial charge in [-0.3, -0.25) is 0 Å². The first-order valence-electron chi connectivity index (χ1n) is 5.72. The molecule has 0 saturated heterocycles. The Labute approximate surface area is 92.4 Å². The van der Waals surface area contributed by atoms with Gasteiger partial charge >= 0.3 is 0 Å². The molecule has 0 fully saturated rings. The molecule has 1 unspecified atom stereocenters. The van der Waals surface area contributed by atoms with Gasteiger partial charge in [0.25, 0.3) is 0 Å². The molecular weight excluding hydrogens is 188 g/mol. The fourth-order valence-electron chi connectivity index (χ4n) is 1.73. The minimum atomic E-state index is 0.471. The molecule has 1 heterocycles. The van der Waals surface area contributed by atoms with Crippen molar-refractivity contribution in [2.45, 2.75) is 32.9 Å². The first-order chi connectivity index (χ1) is 7.31. The Morgan fingerprint density at radius 2 is 2.27 bits per heavy atom. The number of hydrogen-bond donors (Lipinski definition) is 1. The highest BCUT2D eigenvalue weighted by atomic mass is 16.5. The molecule has 0 radical (unpaired) electrons. The quantitative estimate of drug-likeness (QED) is 0.698. The summed E-state index contributed by atoms with van der Waals surface area (Å²) in [6.45, 7) is 6.74. The van der Waals surface area contributed by atoms with Crippen LogP contribution in [0.4, 0.5) is 0 Å². The molecule has 86 valence electrons. The van der Waals surface area contributed by atoms with Crippen molar-refractivity contribution < 1.29 is 4.74 Å². The average Bonchev–Trinajstić information content (AvgIpc) is 2.69. The van der Waals surface area contributed by atoms with Crippen LogP contribution < -0.4 is 5.32 Å². The SMILES string of the molecule is CCOCCn1ccc(C(CC)NC)c1. The number of hydrogen-bond acceptors (Lipinski definition) is 2. The minimum Gasteiger partial charge on any atom is -0.380 e. The van der Waals surface area contributed by atoms with Crippen molar-refractivity contribution in [1.29, 1.82) is 0 Å². The van der Waals surface area contributed by atoms with E-state index in [-0.39, 0.29) is 0 Å². The highest BCUT2D eigenvalue weighted by Gasteiger charge is 2.07. The molecule has 0 aliphatic carbocycles. The smallest absolute Gasteiger partial charge is 0.0645 e. The van der Waals surface area contributed by atoms with Crippen LogP contribution >= 0.6 is 0 Å². The Kier molecular flexibility index (Phi) is 5.43. The van der Waals surface area contributed by atoms with Gasteiger partial charge in [-0.1, -0.05) is 6.92 Å². The molecule has 0 aromatic carbocycles. The van der Waals surface area contributed by atoms with E-state index in [1.165, 1.54) is 5.56 Å². The lowest BCUT2D eigenvalue weighted by Crippen LogP contribution is -2.14. The monoisotopic (exact) mass is 210 g/mol. The van der Waals surface area contributed by atoms with Gasteiger partial charge < -0.3 is 14.6 Å². The van der Waals surface area contributed by atoms with E-state index in [2.05, 4.69) is 35.3 Å². The van der Waals surface area contributed by atoms with Crippen molar-refractivity contribution in [2.24, 2.45) is 0 Å². The Balaban J connectivity index is 2.47. The summed E-state index contributed by atoms with van der Waals surface area (Å²) in [6.07, 6.45) is 5.43. The van der Waals surface area contributed by atoms with Crippen LogP contribution in [0.2, 0.25) is 0 Å². The van der Waals surface area contributed by atoms with Gasteiger partial charge in [0.05, 0.1) is 6.61 Å². The van der Waals surface area contributed by atoms with Crippen LogP contribution in [0.1, 0.15) is 31.9 Å². The highest BCUT2D eigenvalue weighted by molar-refractivity contribution is 5.15. The minimum absolute atomic E-state index is 0.471. The lowest BCUT2D eigenvalue weighted by molar-refractivity contribution is 0.139. The largest absolute Gasteiger partial charge is 0.380 e. The van der Waals surface area contributed by atoms with Gasteiger partial charge in [0.2, 0.25) is 0 Å². The Bertz CT molecular complexity index is 266. The van der Waals surface area contributed by atoms with Gasteiger partial charge in [-0.05, 0) is 32.0 Å². The van der Waals surface area contributed by atoms with E-state index < -0.39 is 0 Å².